The lowest BCUT2D eigenvalue weighted by atomic mass is 10.0. The van der Waals surface area contributed by atoms with Crippen molar-refractivity contribution in [2.75, 3.05) is 31.1 Å². The topological polar surface area (TPSA) is 58.6 Å². The summed E-state index contributed by atoms with van der Waals surface area (Å²) in [5.74, 6) is 1.08. The van der Waals surface area contributed by atoms with Gasteiger partial charge in [0.2, 0.25) is 0 Å². The minimum atomic E-state index is -0.251. The Hall–Kier alpha value is -1.69. The van der Waals surface area contributed by atoms with Crippen LogP contribution in [0.4, 0.5) is 5.82 Å². The Morgan fingerprint density at radius 1 is 1.21 bits per heavy atom. The highest BCUT2D eigenvalue weighted by molar-refractivity contribution is 5.67. The van der Waals surface area contributed by atoms with Gasteiger partial charge < -0.3 is 9.64 Å². The van der Waals surface area contributed by atoms with Crippen LogP contribution >= 0.6 is 0 Å². The summed E-state index contributed by atoms with van der Waals surface area (Å²) >= 11 is 0. The molecule has 0 saturated carbocycles. The van der Waals surface area contributed by atoms with E-state index in [9.17, 15) is 4.79 Å². The van der Waals surface area contributed by atoms with Crippen molar-refractivity contribution in [1.29, 1.82) is 0 Å². The third-order valence-electron chi connectivity index (χ3n) is 5.10. The molecule has 2 atom stereocenters. The minimum Gasteiger partial charge on any atom is -0.456 e. The average molecular weight is 332 g/mol. The van der Waals surface area contributed by atoms with Crippen LogP contribution in [-0.4, -0.2) is 52.6 Å². The molecule has 0 aromatic carbocycles. The lowest BCUT2D eigenvalue weighted by Crippen LogP contribution is -2.53. The number of carbonyl (C=O) groups is 1. The Kier molecular flexibility index (Phi) is 4.51. The molecule has 24 heavy (non-hydrogen) atoms. The van der Waals surface area contributed by atoms with E-state index in [0.717, 1.165) is 49.7 Å². The number of hydrogen-bond acceptors (Lipinski definition) is 6. The van der Waals surface area contributed by atoms with Crippen molar-refractivity contribution in [3.63, 3.8) is 0 Å². The van der Waals surface area contributed by atoms with Crippen LogP contribution in [0.15, 0.2) is 6.33 Å². The van der Waals surface area contributed by atoms with Gasteiger partial charge in [-0.05, 0) is 33.1 Å². The third-order valence-corrected chi connectivity index (χ3v) is 5.10. The van der Waals surface area contributed by atoms with E-state index in [1.54, 1.807) is 6.33 Å². The van der Waals surface area contributed by atoms with Crippen LogP contribution in [0.5, 0.6) is 0 Å². The Labute approximate surface area is 144 Å². The summed E-state index contributed by atoms with van der Waals surface area (Å²) in [5, 5.41) is 0. The quantitative estimate of drug-likeness (QED) is 0.776. The lowest BCUT2D eigenvalue weighted by molar-refractivity contribution is -0.146. The van der Waals surface area contributed by atoms with Gasteiger partial charge in [-0.1, -0.05) is 6.92 Å². The van der Waals surface area contributed by atoms with Crippen LogP contribution in [0.1, 0.15) is 64.3 Å². The summed E-state index contributed by atoms with van der Waals surface area (Å²) < 4.78 is 5.46. The fourth-order valence-corrected chi connectivity index (χ4v) is 3.82. The molecule has 1 aromatic heterocycles. The Balaban J connectivity index is 1.82. The molecule has 0 amide bonds. The summed E-state index contributed by atoms with van der Waals surface area (Å²) in [4.78, 5) is 25.2. The van der Waals surface area contributed by atoms with Crippen LogP contribution in [0, 0.1) is 0 Å². The molecule has 2 heterocycles. The smallest absolute Gasteiger partial charge is 0.303 e. The molecule has 0 radical (unpaired) electrons. The average Bonchev–Trinajstić information content (AvgIpc) is 2.82. The van der Waals surface area contributed by atoms with E-state index in [1.165, 1.54) is 6.92 Å². The second-order valence-corrected chi connectivity index (χ2v) is 7.88. The van der Waals surface area contributed by atoms with Gasteiger partial charge in [0.05, 0.1) is 5.69 Å². The normalized spacial score (nSPS) is 24.8. The molecule has 1 fully saturated rings. The third kappa shape index (κ3) is 3.24. The van der Waals surface area contributed by atoms with Gasteiger partial charge in [-0.3, -0.25) is 9.69 Å². The first-order chi connectivity index (χ1) is 11.3. The van der Waals surface area contributed by atoms with E-state index in [1.807, 2.05) is 0 Å². The summed E-state index contributed by atoms with van der Waals surface area (Å²) in [6, 6.07) is 0. The number of ether oxygens (including phenoxy) is 1. The van der Waals surface area contributed by atoms with Gasteiger partial charge >= 0.3 is 5.97 Å². The molecule has 0 unspecified atom stereocenters. The van der Waals surface area contributed by atoms with Gasteiger partial charge in [0.1, 0.15) is 18.2 Å². The van der Waals surface area contributed by atoms with E-state index in [4.69, 9.17) is 4.74 Å². The molecular formula is C18H28N4O2. The molecule has 0 bridgehead atoms. The van der Waals surface area contributed by atoms with Gasteiger partial charge in [0.25, 0.3) is 0 Å². The van der Waals surface area contributed by atoms with Gasteiger partial charge in [0, 0.05) is 44.2 Å². The van der Waals surface area contributed by atoms with Crippen LogP contribution in [0.3, 0.4) is 0 Å². The fraction of sp³-hybridized carbons (Fsp3) is 0.722. The molecule has 0 N–H and O–H groups in total. The van der Waals surface area contributed by atoms with Crippen LogP contribution in [-0.2, 0) is 9.53 Å². The highest BCUT2D eigenvalue weighted by Crippen LogP contribution is 2.44. The number of aromatic nitrogens is 2. The van der Waals surface area contributed by atoms with Gasteiger partial charge in [-0.15, -0.1) is 0 Å². The van der Waals surface area contributed by atoms with Gasteiger partial charge in [-0.2, -0.15) is 0 Å². The molecule has 1 aliphatic heterocycles. The molecule has 1 aliphatic carbocycles. The lowest BCUT2D eigenvalue weighted by Gasteiger charge is -2.43. The largest absolute Gasteiger partial charge is 0.456 e. The second kappa shape index (κ2) is 6.31. The zero-order valence-electron chi connectivity index (χ0n) is 15.4. The van der Waals surface area contributed by atoms with E-state index in [2.05, 4.69) is 47.5 Å². The van der Waals surface area contributed by atoms with Crippen molar-refractivity contribution in [1.82, 2.24) is 14.9 Å². The van der Waals surface area contributed by atoms with E-state index in [-0.39, 0.29) is 17.6 Å². The first kappa shape index (κ1) is 17.1. The molecule has 3 rings (SSSR count). The maximum atomic E-state index is 11.4. The Morgan fingerprint density at radius 2 is 1.88 bits per heavy atom. The van der Waals surface area contributed by atoms with Crippen molar-refractivity contribution in [3.8, 4) is 0 Å². The number of piperazine rings is 1. The SMILES string of the molecule is CC(=O)O[C@H]1C[C@@H](C)c2c1ncnc2N1CCN(C(C)(C)C)CC1. The van der Waals surface area contributed by atoms with Crippen LogP contribution < -0.4 is 4.90 Å². The van der Waals surface area contributed by atoms with Crippen molar-refractivity contribution < 1.29 is 9.53 Å². The predicted molar refractivity (Wildman–Crippen MR) is 93.1 cm³/mol. The maximum Gasteiger partial charge on any atom is 0.303 e. The Morgan fingerprint density at radius 3 is 2.46 bits per heavy atom. The Bertz CT molecular complexity index is 618. The molecule has 0 spiro atoms. The molecule has 6 nitrogen and oxygen atoms in total. The highest BCUT2D eigenvalue weighted by atomic mass is 16.5. The van der Waals surface area contributed by atoms with E-state index < -0.39 is 0 Å². The first-order valence-corrected chi connectivity index (χ1v) is 8.79. The summed E-state index contributed by atoms with van der Waals surface area (Å²) in [7, 11) is 0. The van der Waals surface area contributed by atoms with Crippen molar-refractivity contribution >= 4 is 11.8 Å². The number of hydrogen-bond donors (Lipinski definition) is 0. The highest BCUT2D eigenvalue weighted by Gasteiger charge is 2.37. The molecule has 2 aliphatic rings. The molecular weight excluding hydrogens is 304 g/mol. The van der Waals surface area contributed by atoms with Crippen molar-refractivity contribution in [2.24, 2.45) is 0 Å². The zero-order chi connectivity index (χ0) is 17.5. The minimum absolute atomic E-state index is 0.202. The summed E-state index contributed by atoms with van der Waals surface area (Å²) in [5.41, 5.74) is 2.25. The number of esters is 1. The second-order valence-electron chi connectivity index (χ2n) is 7.88. The van der Waals surface area contributed by atoms with Crippen molar-refractivity contribution in [3.05, 3.63) is 17.6 Å². The van der Waals surface area contributed by atoms with Gasteiger partial charge in [-0.25, -0.2) is 9.97 Å². The number of anilines is 1. The van der Waals surface area contributed by atoms with Crippen LogP contribution in [0.25, 0.3) is 0 Å². The number of rotatable bonds is 2. The molecule has 132 valence electrons. The standard InChI is InChI=1S/C18H28N4O2/c1-12-10-14(24-13(2)23)16-15(12)17(20-11-19-16)21-6-8-22(9-7-21)18(3,4)5/h11-12,14H,6-10H2,1-5H3/t12-,14+/m1/s1. The van der Waals surface area contributed by atoms with E-state index >= 15 is 0 Å². The summed E-state index contributed by atoms with van der Waals surface area (Å²) in [6.45, 7) is 14.4. The monoisotopic (exact) mass is 332 g/mol. The zero-order valence-corrected chi connectivity index (χ0v) is 15.4. The summed E-state index contributed by atoms with van der Waals surface area (Å²) in [6.07, 6.45) is 2.17. The predicted octanol–water partition coefficient (Wildman–Crippen LogP) is 2.51. The fourth-order valence-electron chi connectivity index (χ4n) is 3.82. The van der Waals surface area contributed by atoms with E-state index in [0.29, 0.717) is 5.92 Å². The number of carbonyl (C=O) groups excluding carboxylic acids is 1. The number of fused-ring (bicyclic) bond motifs is 1. The molecule has 1 aromatic rings. The maximum absolute atomic E-state index is 11.4. The van der Waals surface area contributed by atoms with Crippen molar-refractivity contribution in [2.45, 2.75) is 58.6 Å². The first-order valence-electron chi connectivity index (χ1n) is 8.79. The van der Waals surface area contributed by atoms with Gasteiger partial charge in [0.15, 0.2) is 0 Å². The molecule has 1 saturated heterocycles. The molecule has 6 heteroatoms. The van der Waals surface area contributed by atoms with Crippen LogP contribution in [0.2, 0.25) is 0 Å². The number of nitrogens with zero attached hydrogens (tertiary/aromatic N) is 4.